The molecule has 4 N–H and O–H groups in total. The smallest absolute Gasteiger partial charge is 0.265 e. The lowest BCUT2D eigenvalue weighted by atomic mass is 9.86. The topological polar surface area (TPSA) is 158 Å². The van der Waals surface area contributed by atoms with E-state index in [-0.39, 0.29) is 36.6 Å². The number of piperidine rings is 2. The molecule has 1 aromatic rings. The summed E-state index contributed by atoms with van der Waals surface area (Å²) in [6.45, 7) is 2.23. The number of hydrogen-bond acceptors (Lipinski definition) is 8. The summed E-state index contributed by atoms with van der Waals surface area (Å²) in [4.78, 5) is 44.3. The third kappa shape index (κ3) is 4.11. The summed E-state index contributed by atoms with van der Waals surface area (Å²) < 4.78 is 1.49. The minimum absolute atomic E-state index is 0.0483. The number of carbonyl (C=O) groups is 3. The van der Waals surface area contributed by atoms with Crippen molar-refractivity contribution in [1.29, 1.82) is 5.41 Å². The summed E-state index contributed by atoms with van der Waals surface area (Å²) in [6.07, 6.45) is 3.81. The van der Waals surface area contributed by atoms with Gasteiger partial charge in [-0.1, -0.05) is 6.42 Å². The predicted octanol–water partition coefficient (Wildman–Crippen LogP) is -0.466. The molecule has 3 amide bonds. The third-order valence-corrected chi connectivity index (χ3v) is 5.57. The molecule has 0 saturated carbocycles. The average Bonchev–Trinajstić information content (AvgIpc) is 3.10. The summed E-state index contributed by atoms with van der Waals surface area (Å²) in [5.74, 6) is -2.64. The normalized spacial score (nSPS) is 25.0. The first-order chi connectivity index (χ1) is 14.2. The second-order valence-electron chi connectivity index (χ2n) is 7.60. The molecular formula is C19H27N7O4. The number of amides is 3. The van der Waals surface area contributed by atoms with E-state index in [0.29, 0.717) is 18.8 Å². The van der Waals surface area contributed by atoms with Crippen LogP contribution in [0.2, 0.25) is 0 Å². The van der Waals surface area contributed by atoms with Crippen molar-refractivity contribution in [3.63, 3.8) is 0 Å². The van der Waals surface area contributed by atoms with Crippen LogP contribution in [-0.4, -0.2) is 78.8 Å². The number of imide groups is 1. The van der Waals surface area contributed by atoms with Crippen LogP contribution in [-0.2, 0) is 27.9 Å². The standard InChI is InChI=1S/C19H27N7O4/c1-3-26-18(29)11(8-14-22-10-24(2)23-14)16(20)15(19(26)30)13(27)9-25-7-5-4-6-12(25)17(21)28/h10-12,20,27H,3-9H2,1-2H3,(H2,21,28)/t11?,12-/m1/s1. The minimum Gasteiger partial charge on any atom is -0.510 e. The number of nitrogens with two attached hydrogens (primary N) is 1. The number of likely N-dealkylation sites (N-methyl/N-ethyl adjacent to an activating group) is 1. The first-order valence-electron chi connectivity index (χ1n) is 9.99. The fraction of sp³-hybridized carbons (Fsp3) is 0.579. The summed E-state index contributed by atoms with van der Waals surface area (Å²) in [5, 5.41) is 23.5. The van der Waals surface area contributed by atoms with Gasteiger partial charge in [-0.2, -0.15) is 5.10 Å². The maximum Gasteiger partial charge on any atom is 0.265 e. The lowest BCUT2D eigenvalue weighted by Crippen LogP contribution is -2.53. The zero-order valence-corrected chi connectivity index (χ0v) is 17.2. The summed E-state index contributed by atoms with van der Waals surface area (Å²) in [5.41, 5.74) is 5.02. The first-order valence-corrected chi connectivity index (χ1v) is 9.99. The second-order valence-corrected chi connectivity index (χ2v) is 7.60. The van der Waals surface area contributed by atoms with Crippen molar-refractivity contribution in [3.05, 3.63) is 23.5 Å². The maximum absolute atomic E-state index is 12.9. The van der Waals surface area contributed by atoms with E-state index in [1.807, 2.05) is 0 Å². The molecule has 162 valence electrons. The molecule has 1 aromatic heterocycles. The number of aliphatic hydroxyl groups is 1. The van der Waals surface area contributed by atoms with E-state index < -0.39 is 29.7 Å². The van der Waals surface area contributed by atoms with Crippen LogP contribution in [0.4, 0.5) is 0 Å². The van der Waals surface area contributed by atoms with Gasteiger partial charge in [0.2, 0.25) is 11.8 Å². The summed E-state index contributed by atoms with van der Waals surface area (Å²) in [7, 11) is 1.69. The Morgan fingerprint density at radius 2 is 2.10 bits per heavy atom. The Kier molecular flexibility index (Phi) is 6.30. The zero-order valence-electron chi connectivity index (χ0n) is 17.2. The molecule has 3 rings (SSSR count). The van der Waals surface area contributed by atoms with Crippen LogP contribution in [0.3, 0.4) is 0 Å². The van der Waals surface area contributed by atoms with Crippen LogP contribution in [0.1, 0.15) is 32.0 Å². The van der Waals surface area contributed by atoms with E-state index >= 15 is 0 Å². The molecule has 0 aliphatic carbocycles. The summed E-state index contributed by atoms with van der Waals surface area (Å²) in [6, 6.07) is -0.535. The molecule has 2 aliphatic rings. The molecule has 2 fully saturated rings. The lowest BCUT2D eigenvalue weighted by molar-refractivity contribution is -0.144. The van der Waals surface area contributed by atoms with Gasteiger partial charge in [0.15, 0.2) is 5.82 Å². The number of aliphatic hydroxyl groups excluding tert-OH is 1. The first kappa shape index (κ1) is 21.6. The number of nitrogens with zero attached hydrogens (tertiary/aromatic N) is 5. The number of carbonyl (C=O) groups excluding carboxylic acids is 3. The van der Waals surface area contributed by atoms with Gasteiger partial charge in [-0.25, -0.2) is 4.98 Å². The molecule has 1 unspecified atom stereocenters. The molecular weight excluding hydrogens is 390 g/mol. The van der Waals surface area contributed by atoms with Crippen LogP contribution in [0.25, 0.3) is 0 Å². The van der Waals surface area contributed by atoms with E-state index in [4.69, 9.17) is 11.1 Å². The molecule has 2 saturated heterocycles. The Morgan fingerprint density at radius 3 is 2.70 bits per heavy atom. The van der Waals surface area contributed by atoms with E-state index in [1.165, 1.54) is 11.0 Å². The number of primary amides is 1. The van der Waals surface area contributed by atoms with Crippen molar-refractivity contribution in [2.45, 2.75) is 38.6 Å². The van der Waals surface area contributed by atoms with Crippen molar-refractivity contribution in [1.82, 2.24) is 24.6 Å². The van der Waals surface area contributed by atoms with Gasteiger partial charge >= 0.3 is 0 Å². The molecule has 0 radical (unpaired) electrons. The molecule has 2 atom stereocenters. The van der Waals surface area contributed by atoms with Gasteiger partial charge in [-0.05, 0) is 26.3 Å². The molecule has 0 spiro atoms. The van der Waals surface area contributed by atoms with Crippen molar-refractivity contribution in [3.8, 4) is 0 Å². The highest BCUT2D eigenvalue weighted by molar-refractivity contribution is 6.33. The molecule has 0 aromatic carbocycles. The predicted molar refractivity (Wildman–Crippen MR) is 106 cm³/mol. The van der Waals surface area contributed by atoms with Crippen LogP contribution in [0.5, 0.6) is 0 Å². The Hall–Kier alpha value is -3.08. The van der Waals surface area contributed by atoms with Gasteiger partial charge in [0.05, 0.1) is 24.2 Å². The van der Waals surface area contributed by atoms with Gasteiger partial charge in [-0.15, -0.1) is 0 Å². The Morgan fingerprint density at radius 1 is 1.37 bits per heavy atom. The van der Waals surface area contributed by atoms with Gasteiger partial charge in [0.25, 0.3) is 5.91 Å². The molecule has 3 heterocycles. The Balaban J connectivity index is 1.92. The number of likely N-dealkylation sites (tertiary alicyclic amines) is 2. The van der Waals surface area contributed by atoms with E-state index in [1.54, 1.807) is 18.9 Å². The SMILES string of the molecule is CCN1C(=O)C(=C(O)CN2CCCC[C@@H]2C(N)=O)C(=N)C(Cc2ncn(C)n2)C1=O. The average molecular weight is 417 g/mol. The second kappa shape index (κ2) is 8.74. The quantitative estimate of drug-likeness (QED) is 0.321. The minimum atomic E-state index is -0.976. The number of aryl methyl sites for hydroxylation is 1. The van der Waals surface area contributed by atoms with Crippen molar-refractivity contribution >= 4 is 23.4 Å². The van der Waals surface area contributed by atoms with Crippen LogP contribution in [0.15, 0.2) is 17.7 Å². The van der Waals surface area contributed by atoms with Crippen molar-refractivity contribution < 1.29 is 19.5 Å². The maximum atomic E-state index is 12.9. The Labute approximate surface area is 174 Å². The van der Waals surface area contributed by atoms with E-state index in [2.05, 4.69) is 10.1 Å². The van der Waals surface area contributed by atoms with E-state index in [9.17, 15) is 19.5 Å². The van der Waals surface area contributed by atoms with Crippen molar-refractivity contribution in [2.75, 3.05) is 19.6 Å². The zero-order chi connectivity index (χ0) is 22.0. The number of hydrogen-bond donors (Lipinski definition) is 3. The Bertz CT molecular complexity index is 906. The highest BCUT2D eigenvalue weighted by atomic mass is 16.3. The van der Waals surface area contributed by atoms with Gasteiger partial charge < -0.3 is 16.2 Å². The monoisotopic (exact) mass is 417 g/mol. The van der Waals surface area contributed by atoms with Gasteiger partial charge in [-0.3, -0.25) is 28.9 Å². The highest BCUT2D eigenvalue weighted by Gasteiger charge is 2.43. The van der Waals surface area contributed by atoms with Crippen molar-refractivity contribution in [2.24, 2.45) is 18.7 Å². The van der Waals surface area contributed by atoms with Gasteiger partial charge in [0, 0.05) is 20.0 Å². The van der Waals surface area contributed by atoms with E-state index in [0.717, 1.165) is 17.7 Å². The molecule has 0 bridgehead atoms. The molecule has 2 aliphatic heterocycles. The lowest BCUT2D eigenvalue weighted by Gasteiger charge is -2.35. The van der Waals surface area contributed by atoms with Crippen LogP contribution >= 0.6 is 0 Å². The largest absolute Gasteiger partial charge is 0.510 e. The fourth-order valence-electron chi connectivity index (χ4n) is 4.04. The van der Waals surface area contributed by atoms with Crippen LogP contribution < -0.4 is 5.73 Å². The van der Waals surface area contributed by atoms with Crippen LogP contribution in [0, 0.1) is 11.3 Å². The molecule has 11 heteroatoms. The third-order valence-electron chi connectivity index (χ3n) is 5.57. The number of rotatable bonds is 6. The molecule has 11 nitrogen and oxygen atoms in total. The van der Waals surface area contributed by atoms with Gasteiger partial charge in [0.1, 0.15) is 17.7 Å². The summed E-state index contributed by atoms with van der Waals surface area (Å²) >= 11 is 0. The molecule has 30 heavy (non-hydrogen) atoms. The number of aromatic nitrogens is 3. The number of nitrogens with one attached hydrogen (secondary N) is 1. The fourth-order valence-corrected chi connectivity index (χ4v) is 4.04. The highest BCUT2D eigenvalue weighted by Crippen LogP contribution is 2.26.